The minimum absolute atomic E-state index is 0.0488. The maximum atomic E-state index is 14.3. The van der Waals surface area contributed by atoms with Crippen LogP contribution in [-0.4, -0.2) is 42.2 Å². The second-order valence-corrected chi connectivity index (χ2v) is 9.08. The van der Waals surface area contributed by atoms with Crippen LogP contribution in [0.5, 0.6) is 5.88 Å². The van der Waals surface area contributed by atoms with Crippen molar-refractivity contribution in [1.29, 1.82) is 0 Å². The molecular formula is C29H24N8O3. The van der Waals surface area contributed by atoms with E-state index in [1.165, 1.54) is 16.2 Å². The van der Waals surface area contributed by atoms with Crippen LogP contribution in [0.25, 0.3) is 33.4 Å². The molecule has 6 rings (SSSR count). The minimum Gasteiger partial charge on any atom is -0.481 e. The lowest BCUT2D eigenvalue weighted by Crippen LogP contribution is -2.33. The Morgan fingerprint density at radius 1 is 1.02 bits per heavy atom. The van der Waals surface area contributed by atoms with Crippen molar-refractivity contribution in [3.8, 4) is 22.7 Å². The zero-order valence-electron chi connectivity index (χ0n) is 21.6. The quantitative estimate of drug-likeness (QED) is 0.332. The first kappa shape index (κ1) is 24.7. The van der Waals surface area contributed by atoms with Crippen molar-refractivity contribution in [2.24, 2.45) is 0 Å². The number of pyridine rings is 1. The lowest BCUT2D eigenvalue weighted by atomic mass is 10.0. The van der Waals surface area contributed by atoms with E-state index in [1.807, 2.05) is 48.5 Å². The van der Waals surface area contributed by atoms with Crippen molar-refractivity contribution in [2.75, 3.05) is 12.8 Å². The summed E-state index contributed by atoms with van der Waals surface area (Å²) in [4.78, 5) is 41.0. The van der Waals surface area contributed by atoms with E-state index in [4.69, 9.17) is 15.5 Å². The molecule has 4 aromatic heterocycles. The van der Waals surface area contributed by atoms with E-state index in [9.17, 15) is 9.59 Å². The molecule has 4 heterocycles. The summed E-state index contributed by atoms with van der Waals surface area (Å²) in [5.41, 5.74) is 8.81. The monoisotopic (exact) mass is 532 g/mol. The molecule has 0 saturated heterocycles. The highest BCUT2D eigenvalue weighted by Gasteiger charge is 2.25. The molecule has 0 bridgehead atoms. The van der Waals surface area contributed by atoms with Gasteiger partial charge in [-0.3, -0.25) is 14.2 Å². The van der Waals surface area contributed by atoms with E-state index in [0.717, 1.165) is 5.56 Å². The van der Waals surface area contributed by atoms with Gasteiger partial charge in [0.05, 0.1) is 29.7 Å². The van der Waals surface area contributed by atoms with Crippen molar-refractivity contribution in [2.45, 2.75) is 13.0 Å². The Bertz CT molecular complexity index is 1950. The van der Waals surface area contributed by atoms with E-state index in [1.54, 1.807) is 43.7 Å². The van der Waals surface area contributed by atoms with Crippen molar-refractivity contribution in [3.05, 3.63) is 107 Å². The Hall–Kier alpha value is -5.58. The standard InChI is InChI=1S/C29H24N8O3/c1-17(33-28(38)24-25(30)35-36-15-7-13-32-27(24)36)26-34-21-11-6-10-20(18-12-14-31-22(16-18)40-2)23(21)29(39)37(26)19-8-4-3-5-9-19/h3-17H,1-2H3,(H2,30,35)(H,33,38)/t17-/m0/s1. The first-order valence-electron chi connectivity index (χ1n) is 12.5. The van der Waals surface area contributed by atoms with Crippen LogP contribution in [0.2, 0.25) is 0 Å². The number of nitrogens with one attached hydrogen (secondary N) is 1. The highest BCUT2D eigenvalue weighted by molar-refractivity contribution is 6.04. The van der Waals surface area contributed by atoms with Gasteiger partial charge in [0.15, 0.2) is 11.5 Å². The number of hydrogen-bond donors (Lipinski definition) is 2. The molecule has 6 aromatic rings. The van der Waals surface area contributed by atoms with Gasteiger partial charge >= 0.3 is 0 Å². The number of para-hydroxylation sites is 1. The van der Waals surface area contributed by atoms with Gasteiger partial charge in [-0.1, -0.05) is 30.3 Å². The number of amides is 1. The lowest BCUT2D eigenvalue weighted by molar-refractivity contribution is 0.0940. The third kappa shape index (κ3) is 4.19. The molecule has 0 fully saturated rings. The van der Waals surface area contributed by atoms with Crippen LogP contribution in [0.1, 0.15) is 29.1 Å². The number of nitrogen functional groups attached to an aromatic ring is 1. The molecule has 0 unspecified atom stereocenters. The van der Waals surface area contributed by atoms with E-state index < -0.39 is 11.9 Å². The van der Waals surface area contributed by atoms with E-state index >= 15 is 0 Å². The van der Waals surface area contributed by atoms with Crippen LogP contribution >= 0.6 is 0 Å². The molecule has 0 aliphatic carbocycles. The maximum Gasteiger partial charge on any atom is 0.266 e. The molecule has 198 valence electrons. The first-order valence-corrected chi connectivity index (χ1v) is 12.5. The highest BCUT2D eigenvalue weighted by atomic mass is 16.5. The topological polar surface area (TPSA) is 142 Å². The van der Waals surface area contributed by atoms with Gasteiger partial charge in [0.25, 0.3) is 11.5 Å². The Morgan fingerprint density at radius 3 is 2.65 bits per heavy atom. The van der Waals surface area contributed by atoms with Crippen molar-refractivity contribution in [1.82, 2.24) is 34.4 Å². The van der Waals surface area contributed by atoms with E-state index in [-0.39, 0.29) is 16.9 Å². The Balaban J connectivity index is 1.51. The van der Waals surface area contributed by atoms with Crippen LogP contribution in [-0.2, 0) is 0 Å². The van der Waals surface area contributed by atoms with Crippen molar-refractivity contribution < 1.29 is 9.53 Å². The normalized spacial score (nSPS) is 11.9. The van der Waals surface area contributed by atoms with Gasteiger partial charge in [0, 0.05) is 24.7 Å². The van der Waals surface area contributed by atoms with Crippen LogP contribution in [0.3, 0.4) is 0 Å². The number of fused-ring (bicyclic) bond motifs is 2. The van der Waals surface area contributed by atoms with Gasteiger partial charge < -0.3 is 15.8 Å². The summed E-state index contributed by atoms with van der Waals surface area (Å²) in [7, 11) is 1.54. The fourth-order valence-electron chi connectivity index (χ4n) is 4.75. The number of hydrogen-bond acceptors (Lipinski definition) is 8. The number of anilines is 1. The number of benzene rings is 2. The smallest absolute Gasteiger partial charge is 0.266 e. The van der Waals surface area contributed by atoms with Crippen LogP contribution in [0, 0.1) is 0 Å². The van der Waals surface area contributed by atoms with Gasteiger partial charge in [-0.25, -0.2) is 19.5 Å². The zero-order valence-corrected chi connectivity index (χ0v) is 21.6. The second kappa shape index (κ2) is 9.95. The SMILES string of the molecule is COc1cc(-c2cccc3nc([C@H](C)NC(=O)c4c(N)nn5cccnc45)n(-c4ccccc4)c(=O)c23)ccn1. The third-order valence-electron chi connectivity index (χ3n) is 6.58. The highest BCUT2D eigenvalue weighted by Crippen LogP contribution is 2.29. The molecule has 0 aliphatic rings. The predicted molar refractivity (Wildman–Crippen MR) is 150 cm³/mol. The molecule has 3 N–H and O–H groups in total. The summed E-state index contributed by atoms with van der Waals surface area (Å²) in [6.45, 7) is 1.76. The second-order valence-electron chi connectivity index (χ2n) is 9.08. The molecule has 1 atom stereocenters. The number of rotatable bonds is 6. The summed E-state index contributed by atoms with van der Waals surface area (Å²) < 4.78 is 8.26. The molecule has 0 radical (unpaired) electrons. The average Bonchev–Trinajstić information content (AvgIpc) is 3.32. The number of nitrogens with two attached hydrogens (primary N) is 1. The lowest BCUT2D eigenvalue weighted by Gasteiger charge is -2.20. The molecule has 2 aromatic carbocycles. The average molecular weight is 533 g/mol. The summed E-state index contributed by atoms with van der Waals surface area (Å²) in [6, 6.07) is 19.2. The van der Waals surface area contributed by atoms with Crippen molar-refractivity contribution in [3.63, 3.8) is 0 Å². The molecule has 1 amide bonds. The number of carbonyl (C=O) groups is 1. The summed E-state index contributed by atoms with van der Waals surface area (Å²) in [5, 5.41) is 7.54. The fraction of sp³-hybridized carbons (Fsp3) is 0.103. The molecule has 0 aliphatic heterocycles. The number of nitrogens with zero attached hydrogens (tertiary/aromatic N) is 6. The van der Waals surface area contributed by atoms with Gasteiger partial charge in [0.1, 0.15) is 11.4 Å². The van der Waals surface area contributed by atoms with Crippen LogP contribution in [0.15, 0.2) is 90.1 Å². The number of methoxy groups -OCH3 is 1. The van der Waals surface area contributed by atoms with Gasteiger partial charge in [-0.2, -0.15) is 0 Å². The van der Waals surface area contributed by atoms with Gasteiger partial charge in [0.2, 0.25) is 5.88 Å². The summed E-state index contributed by atoms with van der Waals surface area (Å²) in [5.74, 6) is 0.350. The largest absolute Gasteiger partial charge is 0.481 e. The van der Waals surface area contributed by atoms with E-state index in [2.05, 4.69) is 20.4 Å². The molecular weight excluding hydrogens is 508 g/mol. The van der Waals surface area contributed by atoms with E-state index in [0.29, 0.717) is 39.5 Å². The molecule has 40 heavy (non-hydrogen) atoms. The Kier molecular flexibility index (Phi) is 6.15. The molecule has 0 saturated carbocycles. The Morgan fingerprint density at radius 2 is 1.85 bits per heavy atom. The molecule has 11 heteroatoms. The molecule has 0 spiro atoms. The minimum atomic E-state index is -0.687. The maximum absolute atomic E-state index is 14.3. The summed E-state index contributed by atoms with van der Waals surface area (Å²) >= 11 is 0. The number of ether oxygens (including phenoxy) is 1. The number of carbonyl (C=O) groups excluding carboxylic acids is 1. The van der Waals surface area contributed by atoms with Gasteiger partial charge in [-0.05, 0) is 48.4 Å². The molecule has 11 nitrogen and oxygen atoms in total. The third-order valence-corrected chi connectivity index (χ3v) is 6.58. The fourth-order valence-corrected chi connectivity index (χ4v) is 4.75. The zero-order chi connectivity index (χ0) is 27.8. The van der Waals surface area contributed by atoms with Gasteiger partial charge in [-0.15, -0.1) is 5.10 Å². The predicted octanol–water partition coefficient (Wildman–Crippen LogP) is 3.57. The van der Waals surface area contributed by atoms with Crippen LogP contribution < -0.4 is 21.3 Å². The first-order chi connectivity index (χ1) is 19.5. The van der Waals surface area contributed by atoms with Crippen LogP contribution in [0.4, 0.5) is 5.82 Å². The summed E-state index contributed by atoms with van der Waals surface area (Å²) in [6.07, 6.45) is 4.85. The van der Waals surface area contributed by atoms with Crippen molar-refractivity contribution >= 4 is 28.3 Å². The number of aromatic nitrogens is 6. The Labute approximate surface area is 227 Å².